The molecular formula is C19H21ClFN5O. The second-order valence-electron chi connectivity index (χ2n) is 6.10. The molecule has 0 bridgehead atoms. The lowest BCUT2D eigenvalue weighted by molar-refractivity contribution is 0.303. The van der Waals surface area contributed by atoms with Gasteiger partial charge in [0.05, 0.1) is 0 Å². The van der Waals surface area contributed by atoms with Crippen molar-refractivity contribution in [3.63, 3.8) is 0 Å². The van der Waals surface area contributed by atoms with Gasteiger partial charge in [0, 0.05) is 23.7 Å². The topological polar surface area (TPSA) is 64.9 Å². The third-order valence-corrected chi connectivity index (χ3v) is 4.26. The smallest absolute Gasteiger partial charge is 0.243 e. The quantitative estimate of drug-likeness (QED) is 0.585. The van der Waals surface area contributed by atoms with Gasteiger partial charge in [0.2, 0.25) is 5.95 Å². The zero-order valence-corrected chi connectivity index (χ0v) is 15.8. The second-order valence-corrected chi connectivity index (χ2v) is 6.54. The molecule has 1 heterocycles. The number of tetrazole rings is 1. The van der Waals surface area contributed by atoms with Crippen LogP contribution >= 0.6 is 11.6 Å². The Labute approximate surface area is 162 Å². The molecule has 8 heteroatoms. The summed E-state index contributed by atoms with van der Waals surface area (Å²) in [6.07, 6.45) is 2.07. The molecule has 1 aromatic heterocycles. The summed E-state index contributed by atoms with van der Waals surface area (Å²) in [4.78, 5) is 0. The van der Waals surface area contributed by atoms with E-state index < -0.39 is 0 Å². The molecule has 0 atom stereocenters. The maximum Gasteiger partial charge on any atom is 0.243 e. The monoisotopic (exact) mass is 389 g/mol. The number of unbranched alkanes of at least 4 members (excludes halogenated alkanes) is 1. The predicted molar refractivity (Wildman–Crippen MR) is 102 cm³/mol. The summed E-state index contributed by atoms with van der Waals surface area (Å²) >= 11 is 6.14. The molecule has 0 aliphatic rings. The van der Waals surface area contributed by atoms with Crippen molar-refractivity contribution in [3.8, 4) is 5.75 Å². The summed E-state index contributed by atoms with van der Waals surface area (Å²) in [6.45, 7) is 3.68. The summed E-state index contributed by atoms with van der Waals surface area (Å²) in [5.41, 5.74) is 1.77. The first-order valence-corrected chi connectivity index (χ1v) is 9.19. The molecule has 0 aliphatic heterocycles. The van der Waals surface area contributed by atoms with Crippen LogP contribution in [0.4, 0.5) is 10.3 Å². The van der Waals surface area contributed by atoms with E-state index in [1.807, 2.05) is 12.1 Å². The molecule has 3 rings (SSSR count). The number of halogens is 2. The van der Waals surface area contributed by atoms with Crippen molar-refractivity contribution < 1.29 is 9.13 Å². The Kier molecular flexibility index (Phi) is 6.59. The average Bonchev–Trinajstić information content (AvgIpc) is 3.12. The summed E-state index contributed by atoms with van der Waals surface area (Å²) in [5, 5.41) is 15.6. The molecule has 0 saturated carbocycles. The average molecular weight is 390 g/mol. The van der Waals surface area contributed by atoms with E-state index in [-0.39, 0.29) is 5.82 Å². The lowest BCUT2D eigenvalue weighted by atomic mass is 10.2. The summed E-state index contributed by atoms with van der Waals surface area (Å²) in [5.74, 6) is 1.03. The molecule has 1 N–H and O–H groups in total. The third-order valence-electron chi connectivity index (χ3n) is 4.02. The van der Waals surface area contributed by atoms with Gasteiger partial charge >= 0.3 is 0 Å². The van der Waals surface area contributed by atoms with Crippen LogP contribution in [0.3, 0.4) is 0 Å². The van der Waals surface area contributed by atoms with Crippen LogP contribution in [0, 0.1) is 5.82 Å². The van der Waals surface area contributed by atoms with E-state index in [1.54, 1.807) is 22.9 Å². The Hall–Kier alpha value is -2.67. The molecule has 0 amide bonds. The van der Waals surface area contributed by atoms with Gasteiger partial charge in [0.25, 0.3) is 0 Å². The number of rotatable bonds is 9. The predicted octanol–water partition coefficient (Wildman–Crippen LogP) is 4.46. The van der Waals surface area contributed by atoms with Gasteiger partial charge in [-0.3, -0.25) is 0 Å². The van der Waals surface area contributed by atoms with Crippen LogP contribution in [0.1, 0.15) is 30.9 Å². The Balaban J connectivity index is 1.67. The number of nitrogens with zero attached hydrogens (tertiary/aromatic N) is 4. The van der Waals surface area contributed by atoms with Gasteiger partial charge in [-0.2, -0.15) is 0 Å². The number of benzene rings is 2. The molecule has 0 spiro atoms. The van der Waals surface area contributed by atoms with E-state index in [0.29, 0.717) is 29.9 Å². The third kappa shape index (κ3) is 5.40. The van der Waals surface area contributed by atoms with Crippen LogP contribution < -0.4 is 10.1 Å². The van der Waals surface area contributed by atoms with Gasteiger partial charge in [-0.1, -0.05) is 42.2 Å². The van der Waals surface area contributed by atoms with E-state index in [0.717, 1.165) is 30.5 Å². The molecule has 3 aromatic rings. The number of aryl methyl sites for hydroxylation is 1. The maximum absolute atomic E-state index is 13.0. The van der Waals surface area contributed by atoms with Crippen molar-refractivity contribution in [2.45, 2.75) is 39.5 Å². The van der Waals surface area contributed by atoms with E-state index in [2.05, 4.69) is 27.8 Å². The number of ether oxygens (including phenoxy) is 1. The Morgan fingerprint density at radius 2 is 2.00 bits per heavy atom. The fraction of sp³-hybridized carbons (Fsp3) is 0.316. The van der Waals surface area contributed by atoms with Gasteiger partial charge < -0.3 is 10.1 Å². The molecule has 0 aliphatic carbocycles. The van der Waals surface area contributed by atoms with Crippen LogP contribution in [0.15, 0.2) is 42.5 Å². The van der Waals surface area contributed by atoms with E-state index >= 15 is 0 Å². The van der Waals surface area contributed by atoms with E-state index in [9.17, 15) is 4.39 Å². The zero-order valence-electron chi connectivity index (χ0n) is 15.0. The van der Waals surface area contributed by atoms with Gasteiger partial charge in [-0.05, 0) is 52.7 Å². The van der Waals surface area contributed by atoms with Crippen LogP contribution in [-0.4, -0.2) is 20.2 Å². The Morgan fingerprint density at radius 3 is 2.78 bits per heavy atom. The minimum absolute atomic E-state index is 0.268. The van der Waals surface area contributed by atoms with Crippen molar-refractivity contribution in [1.29, 1.82) is 0 Å². The molecule has 0 radical (unpaired) electrons. The highest BCUT2D eigenvalue weighted by molar-refractivity contribution is 6.30. The van der Waals surface area contributed by atoms with Crippen LogP contribution in [0.25, 0.3) is 0 Å². The molecule has 0 saturated heterocycles. The first-order valence-electron chi connectivity index (χ1n) is 8.81. The summed E-state index contributed by atoms with van der Waals surface area (Å²) in [7, 11) is 0. The lowest BCUT2D eigenvalue weighted by Gasteiger charge is -2.13. The maximum atomic E-state index is 13.0. The lowest BCUT2D eigenvalue weighted by Crippen LogP contribution is -2.10. The minimum Gasteiger partial charge on any atom is -0.489 e. The highest BCUT2D eigenvalue weighted by Gasteiger charge is 2.09. The van der Waals surface area contributed by atoms with E-state index in [1.165, 1.54) is 12.1 Å². The molecule has 2 aromatic carbocycles. The Bertz CT molecular complexity index is 869. The van der Waals surface area contributed by atoms with Gasteiger partial charge in [-0.15, -0.1) is 0 Å². The van der Waals surface area contributed by atoms with Gasteiger partial charge in [-0.25, -0.2) is 9.07 Å². The summed E-state index contributed by atoms with van der Waals surface area (Å²) < 4.78 is 20.7. The number of hydrogen-bond donors (Lipinski definition) is 1. The van der Waals surface area contributed by atoms with Gasteiger partial charge in [0.15, 0.2) is 0 Å². The SMILES string of the molecule is CCCCn1nnnc1NCc1cc(Cl)ccc1OCc1ccc(F)cc1. The minimum atomic E-state index is -0.268. The molecule has 142 valence electrons. The first kappa shape index (κ1) is 19.1. The molecule has 6 nitrogen and oxygen atoms in total. The number of nitrogens with one attached hydrogen (secondary N) is 1. The van der Waals surface area contributed by atoms with Crippen molar-refractivity contribution in [2.75, 3.05) is 5.32 Å². The normalized spacial score (nSPS) is 10.8. The number of anilines is 1. The highest BCUT2D eigenvalue weighted by atomic mass is 35.5. The first-order chi connectivity index (χ1) is 13.2. The largest absolute Gasteiger partial charge is 0.489 e. The Morgan fingerprint density at radius 1 is 1.19 bits per heavy atom. The molecule has 0 unspecified atom stereocenters. The second kappa shape index (κ2) is 9.32. The van der Waals surface area contributed by atoms with Crippen molar-refractivity contribution in [1.82, 2.24) is 20.2 Å². The summed E-state index contributed by atoms with van der Waals surface area (Å²) in [6, 6.07) is 11.7. The van der Waals surface area contributed by atoms with Crippen LogP contribution in [-0.2, 0) is 19.7 Å². The fourth-order valence-corrected chi connectivity index (χ4v) is 2.73. The zero-order chi connectivity index (χ0) is 19.1. The van der Waals surface area contributed by atoms with Crippen LogP contribution in [0.5, 0.6) is 5.75 Å². The van der Waals surface area contributed by atoms with Crippen LogP contribution in [0.2, 0.25) is 5.02 Å². The molecule has 0 fully saturated rings. The number of aromatic nitrogens is 4. The fourth-order valence-electron chi connectivity index (χ4n) is 2.53. The van der Waals surface area contributed by atoms with E-state index in [4.69, 9.17) is 16.3 Å². The highest BCUT2D eigenvalue weighted by Crippen LogP contribution is 2.25. The molecule has 27 heavy (non-hydrogen) atoms. The number of hydrogen-bond acceptors (Lipinski definition) is 5. The van der Waals surface area contributed by atoms with Crippen molar-refractivity contribution in [2.24, 2.45) is 0 Å². The van der Waals surface area contributed by atoms with Gasteiger partial charge in [0.1, 0.15) is 18.2 Å². The standard InChI is InChI=1S/C19H21ClFN5O/c1-2-3-10-26-19(23-24-25-26)22-12-15-11-16(20)6-9-18(15)27-13-14-4-7-17(21)8-5-14/h4-9,11H,2-3,10,12-13H2,1H3,(H,22,23,25). The van der Waals surface area contributed by atoms with Crippen molar-refractivity contribution in [3.05, 3.63) is 64.4 Å². The molecular weight excluding hydrogens is 369 g/mol. The van der Waals surface area contributed by atoms with Crippen molar-refractivity contribution >= 4 is 17.5 Å².